The van der Waals surface area contributed by atoms with Crippen LogP contribution in [0.2, 0.25) is 0 Å². The van der Waals surface area contributed by atoms with Crippen molar-refractivity contribution in [2.45, 2.75) is 26.7 Å². The second-order valence-corrected chi connectivity index (χ2v) is 6.79. The van der Waals surface area contributed by atoms with Crippen molar-refractivity contribution in [1.29, 1.82) is 0 Å². The number of amides is 1. The Hall–Kier alpha value is -2.08. The van der Waals surface area contributed by atoms with E-state index in [1.165, 1.54) is 17.4 Å². The Morgan fingerprint density at radius 2 is 2.04 bits per heavy atom. The predicted octanol–water partition coefficient (Wildman–Crippen LogP) is 3.94. The molecule has 1 aromatic carbocycles. The van der Waals surface area contributed by atoms with Crippen LogP contribution in [0.15, 0.2) is 17.5 Å². The summed E-state index contributed by atoms with van der Waals surface area (Å²) in [7, 11) is 0. The maximum Gasteiger partial charge on any atom is 0.267 e. The van der Waals surface area contributed by atoms with Gasteiger partial charge in [0.15, 0.2) is 0 Å². The van der Waals surface area contributed by atoms with Gasteiger partial charge in [0.05, 0.1) is 11.4 Å². The number of nitrogen functional groups attached to an aromatic ring is 1. The molecule has 0 atom stereocenters. The fourth-order valence-electron chi connectivity index (χ4n) is 3.12. The predicted molar refractivity (Wildman–Crippen MR) is 94.0 cm³/mol. The van der Waals surface area contributed by atoms with Gasteiger partial charge in [-0.1, -0.05) is 0 Å². The Labute approximate surface area is 139 Å². The fraction of sp³-hybridized carbons (Fsp3) is 0.353. The number of benzene rings is 1. The lowest BCUT2D eigenvalue weighted by atomic mass is 10.0. The van der Waals surface area contributed by atoms with Crippen LogP contribution in [0.4, 0.5) is 21.5 Å². The Bertz CT molecular complexity index is 751. The zero-order valence-corrected chi connectivity index (χ0v) is 14.1. The van der Waals surface area contributed by atoms with Crippen LogP contribution in [0, 0.1) is 19.7 Å². The molecule has 1 amide bonds. The summed E-state index contributed by atoms with van der Waals surface area (Å²) in [5, 5.41) is 4.69. The van der Waals surface area contributed by atoms with Crippen LogP contribution in [0.5, 0.6) is 0 Å². The fourth-order valence-corrected chi connectivity index (χ4v) is 3.83. The van der Waals surface area contributed by atoms with Crippen molar-refractivity contribution in [3.05, 3.63) is 39.3 Å². The lowest BCUT2D eigenvalue weighted by molar-refractivity contribution is 0.103. The Balaban J connectivity index is 1.97. The van der Waals surface area contributed by atoms with Crippen LogP contribution < -0.4 is 16.0 Å². The minimum Gasteiger partial charge on any atom is -0.397 e. The molecule has 122 valence electrons. The molecule has 1 saturated heterocycles. The number of thiophene rings is 1. The van der Waals surface area contributed by atoms with Crippen molar-refractivity contribution in [3.63, 3.8) is 0 Å². The van der Waals surface area contributed by atoms with Gasteiger partial charge in [0.25, 0.3) is 5.91 Å². The molecule has 0 saturated carbocycles. The Kier molecular flexibility index (Phi) is 4.26. The van der Waals surface area contributed by atoms with Crippen molar-refractivity contribution in [3.8, 4) is 0 Å². The molecule has 4 nitrogen and oxygen atoms in total. The molecular formula is C17H20FN3OS. The number of anilines is 3. The van der Waals surface area contributed by atoms with Gasteiger partial charge >= 0.3 is 0 Å². The summed E-state index contributed by atoms with van der Waals surface area (Å²) in [6, 6.07) is 3.20. The molecular weight excluding hydrogens is 313 g/mol. The first-order valence-electron chi connectivity index (χ1n) is 7.68. The van der Waals surface area contributed by atoms with Gasteiger partial charge in [-0.2, -0.15) is 0 Å². The number of nitrogens with two attached hydrogens (primary N) is 1. The standard InChI is InChI=1S/C17H20FN3OS/c1-10-9-12(18)15(21-6-3-4-7-21)11(2)14(10)20-17(22)16-13(19)5-8-23-16/h5,8-9H,3-4,6-7,19H2,1-2H3,(H,20,22). The van der Waals surface area contributed by atoms with E-state index in [0.29, 0.717) is 27.5 Å². The molecule has 3 N–H and O–H groups in total. The second kappa shape index (κ2) is 6.20. The second-order valence-electron chi connectivity index (χ2n) is 5.88. The summed E-state index contributed by atoms with van der Waals surface area (Å²) in [4.78, 5) is 15.0. The van der Waals surface area contributed by atoms with Gasteiger partial charge < -0.3 is 16.0 Å². The highest BCUT2D eigenvalue weighted by Crippen LogP contribution is 2.35. The summed E-state index contributed by atoms with van der Waals surface area (Å²) in [5.41, 5.74) is 9.03. The zero-order valence-electron chi connectivity index (χ0n) is 13.3. The van der Waals surface area contributed by atoms with E-state index in [-0.39, 0.29) is 11.7 Å². The van der Waals surface area contributed by atoms with Crippen LogP contribution in [0.25, 0.3) is 0 Å². The lowest BCUT2D eigenvalue weighted by Crippen LogP contribution is -2.22. The number of carbonyl (C=O) groups excluding carboxylic acids is 1. The van der Waals surface area contributed by atoms with Gasteiger partial charge in [0, 0.05) is 18.8 Å². The highest BCUT2D eigenvalue weighted by atomic mass is 32.1. The third-order valence-electron chi connectivity index (χ3n) is 4.26. The first-order chi connectivity index (χ1) is 11.0. The van der Waals surface area contributed by atoms with Gasteiger partial charge in [-0.3, -0.25) is 4.79 Å². The number of halogens is 1. The molecule has 1 aromatic heterocycles. The molecule has 23 heavy (non-hydrogen) atoms. The van der Waals surface area contributed by atoms with Crippen LogP contribution in [-0.4, -0.2) is 19.0 Å². The summed E-state index contributed by atoms with van der Waals surface area (Å²) >= 11 is 1.30. The van der Waals surface area contributed by atoms with Crippen molar-refractivity contribution in [1.82, 2.24) is 0 Å². The summed E-state index contributed by atoms with van der Waals surface area (Å²) in [6.07, 6.45) is 2.14. The van der Waals surface area contributed by atoms with Crippen molar-refractivity contribution < 1.29 is 9.18 Å². The number of carbonyl (C=O) groups is 1. The number of nitrogens with zero attached hydrogens (tertiary/aromatic N) is 1. The smallest absolute Gasteiger partial charge is 0.267 e. The molecule has 6 heteroatoms. The molecule has 0 bridgehead atoms. The molecule has 2 heterocycles. The number of hydrogen-bond acceptors (Lipinski definition) is 4. The van der Waals surface area contributed by atoms with Gasteiger partial charge in [-0.05, 0) is 55.3 Å². The molecule has 0 radical (unpaired) electrons. The van der Waals surface area contributed by atoms with Crippen LogP contribution >= 0.6 is 11.3 Å². The molecule has 0 spiro atoms. The van der Waals surface area contributed by atoms with Crippen LogP contribution in [0.1, 0.15) is 33.6 Å². The third kappa shape index (κ3) is 2.91. The Morgan fingerprint density at radius 1 is 1.35 bits per heavy atom. The molecule has 1 aliphatic heterocycles. The minimum absolute atomic E-state index is 0.226. The topological polar surface area (TPSA) is 58.4 Å². The number of nitrogens with one attached hydrogen (secondary N) is 1. The van der Waals surface area contributed by atoms with Gasteiger partial charge in [-0.15, -0.1) is 11.3 Å². The monoisotopic (exact) mass is 333 g/mol. The highest BCUT2D eigenvalue weighted by molar-refractivity contribution is 7.12. The number of hydrogen-bond donors (Lipinski definition) is 2. The normalized spacial score (nSPS) is 14.3. The van der Waals surface area contributed by atoms with Crippen molar-refractivity contribution >= 4 is 34.3 Å². The lowest BCUT2D eigenvalue weighted by Gasteiger charge is -2.24. The third-order valence-corrected chi connectivity index (χ3v) is 5.19. The van der Waals surface area contributed by atoms with E-state index in [0.717, 1.165) is 31.5 Å². The highest BCUT2D eigenvalue weighted by Gasteiger charge is 2.23. The molecule has 2 aromatic rings. The summed E-state index contributed by atoms with van der Waals surface area (Å²) < 4.78 is 14.4. The van der Waals surface area contributed by atoms with E-state index in [2.05, 4.69) is 10.2 Å². The van der Waals surface area contributed by atoms with E-state index >= 15 is 0 Å². The minimum atomic E-state index is -0.248. The van der Waals surface area contributed by atoms with Crippen molar-refractivity contribution in [2.24, 2.45) is 0 Å². The first kappa shape index (κ1) is 15.8. The average Bonchev–Trinajstić information content (AvgIpc) is 3.14. The van der Waals surface area contributed by atoms with Gasteiger partial charge in [0.2, 0.25) is 0 Å². The molecule has 3 rings (SSSR count). The van der Waals surface area contributed by atoms with Crippen LogP contribution in [0.3, 0.4) is 0 Å². The SMILES string of the molecule is Cc1cc(F)c(N2CCCC2)c(C)c1NC(=O)c1sccc1N. The Morgan fingerprint density at radius 3 is 2.65 bits per heavy atom. The van der Waals surface area contributed by atoms with Gasteiger partial charge in [-0.25, -0.2) is 4.39 Å². The number of aryl methyl sites for hydroxylation is 1. The molecule has 0 aliphatic carbocycles. The summed E-state index contributed by atoms with van der Waals surface area (Å²) in [5.74, 6) is -0.474. The molecule has 1 aliphatic rings. The van der Waals surface area contributed by atoms with E-state index in [9.17, 15) is 9.18 Å². The average molecular weight is 333 g/mol. The first-order valence-corrected chi connectivity index (χ1v) is 8.56. The van der Waals surface area contributed by atoms with E-state index in [1.807, 2.05) is 6.92 Å². The van der Waals surface area contributed by atoms with Crippen molar-refractivity contribution in [2.75, 3.05) is 29.0 Å². The van der Waals surface area contributed by atoms with Crippen LogP contribution in [-0.2, 0) is 0 Å². The summed E-state index contributed by atoms with van der Waals surface area (Å²) in [6.45, 7) is 5.37. The molecule has 1 fully saturated rings. The zero-order chi connectivity index (χ0) is 16.6. The largest absolute Gasteiger partial charge is 0.397 e. The quantitative estimate of drug-likeness (QED) is 0.894. The van der Waals surface area contributed by atoms with E-state index in [4.69, 9.17) is 5.73 Å². The number of rotatable bonds is 3. The maximum atomic E-state index is 14.4. The van der Waals surface area contributed by atoms with Gasteiger partial charge in [0.1, 0.15) is 10.7 Å². The maximum absolute atomic E-state index is 14.4. The molecule has 0 unspecified atom stereocenters. The van der Waals surface area contributed by atoms with E-state index < -0.39 is 0 Å². The van der Waals surface area contributed by atoms with E-state index in [1.54, 1.807) is 18.4 Å².